The topological polar surface area (TPSA) is 45.0 Å². The van der Waals surface area contributed by atoms with Crippen LogP contribution in [0.25, 0.3) is 0 Å². The van der Waals surface area contributed by atoms with Crippen molar-refractivity contribution in [3.8, 4) is 11.8 Å². The zero-order valence-corrected chi connectivity index (χ0v) is 11.9. The van der Waals surface area contributed by atoms with E-state index in [4.69, 9.17) is 16.3 Å². The predicted molar refractivity (Wildman–Crippen MR) is 79.6 cm³/mol. The lowest BCUT2D eigenvalue weighted by Crippen LogP contribution is -2.19. The van der Waals surface area contributed by atoms with Crippen molar-refractivity contribution in [3.05, 3.63) is 64.7 Å². The number of nitrogens with zero attached hydrogens (tertiary/aromatic N) is 1. The van der Waals surface area contributed by atoms with Crippen molar-refractivity contribution in [1.82, 2.24) is 5.32 Å². The van der Waals surface area contributed by atoms with Gasteiger partial charge in [0.2, 0.25) is 0 Å². The maximum absolute atomic E-state index is 9.28. The molecule has 0 heterocycles. The monoisotopic (exact) mass is 286 g/mol. The van der Waals surface area contributed by atoms with Crippen LogP contribution in [0.3, 0.4) is 0 Å². The van der Waals surface area contributed by atoms with E-state index >= 15 is 0 Å². The van der Waals surface area contributed by atoms with Gasteiger partial charge in [0.1, 0.15) is 11.8 Å². The number of methoxy groups -OCH3 is 1. The molecule has 2 rings (SSSR count). The molecule has 1 N–H and O–H groups in total. The van der Waals surface area contributed by atoms with Crippen LogP contribution < -0.4 is 10.1 Å². The van der Waals surface area contributed by atoms with Gasteiger partial charge in [-0.15, -0.1) is 0 Å². The Kier molecular flexibility index (Phi) is 5.00. The van der Waals surface area contributed by atoms with Crippen LogP contribution in [0.2, 0.25) is 5.02 Å². The lowest BCUT2D eigenvalue weighted by atomic mass is 10.1. The van der Waals surface area contributed by atoms with Gasteiger partial charge in [-0.1, -0.05) is 41.9 Å². The highest BCUT2D eigenvalue weighted by molar-refractivity contribution is 6.30. The maximum Gasteiger partial charge on any atom is 0.123 e. The zero-order valence-electron chi connectivity index (χ0n) is 11.1. The van der Waals surface area contributed by atoms with Gasteiger partial charge < -0.3 is 4.74 Å². The van der Waals surface area contributed by atoms with E-state index in [1.807, 2.05) is 36.4 Å². The summed E-state index contributed by atoms with van der Waals surface area (Å²) in [4.78, 5) is 0. The summed E-state index contributed by atoms with van der Waals surface area (Å²) in [6, 6.07) is 16.9. The average molecular weight is 287 g/mol. The first kappa shape index (κ1) is 14.4. The second-order valence-corrected chi connectivity index (χ2v) is 4.74. The summed E-state index contributed by atoms with van der Waals surface area (Å²) in [5, 5.41) is 13.2. The Labute approximate surface area is 123 Å². The highest BCUT2D eigenvalue weighted by Gasteiger charge is 2.11. The summed E-state index contributed by atoms with van der Waals surface area (Å²) in [6.07, 6.45) is 0. The molecule has 0 bridgehead atoms. The lowest BCUT2D eigenvalue weighted by Gasteiger charge is -2.14. The average Bonchev–Trinajstić information content (AvgIpc) is 2.50. The van der Waals surface area contributed by atoms with Crippen LogP contribution in [0.5, 0.6) is 5.75 Å². The fraction of sp³-hybridized carbons (Fsp3) is 0.188. The van der Waals surface area contributed by atoms with Gasteiger partial charge in [0.15, 0.2) is 0 Å². The first-order valence-corrected chi connectivity index (χ1v) is 6.62. The van der Waals surface area contributed by atoms with E-state index in [0.29, 0.717) is 11.6 Å². The van der Waals surface area contributed by atoms with Crippen LogP contribution in [-0.4, -0.2) is 7.11 Å². The van der Waals surface area contributed by atoms with E-state index in [-0.39, 0.29) is 6.04 Å². The highest BCUT2D eigenvalue weighted by Crippen LogP contribution is 2.20. The molecule has 20 heavy (non-hydrogen) atoms. The van der Waals surface area contributed by atoms with Crippen LogP contribution in [0, 0.1) is 11.3 Å². The van der Waals surface area contributed by atoms with Crippen LogP contribution in [0.15, 0.2) is 48.5 Å². The van der Waals surface area contributed by atoms with E-state index in [1.165, 1.54) is 0 Å². The summed E-state index contributed by atoms with van der Waals surface area (Å²) in [6.45, 7) is 0.560. The van der Waals surface area contributed by atoms with Crippen molar-refractivity contribution in [1.29, 1.82) is 5.26 Å². The minimum absolute atomic E-state index is 0.378. The molecule has 102 valence electrons. The maximum atomic E-state index is 9.28. The number of para-hydroxylation sites is 1. The molecule has 2 aromatic rings. The minimum Gasteiger partial charge on any atom is -0.496 e. The van der Waals surface area contributed by atoms with Crippen LogP contribution >= 0.6 is 11.6 Å². The Morgan fingerprint density at radius 1 is 1.20 bits per heavy atom. The highest BCUT2D eigenvalue weighted by atomic mass is 35.5. The van der Waals surface area contributed by atoms with Crippen LogP contribution in [0.4, 0.5) is 0 Å². The molecule has 3 nitrogen and oxygen atoms in total. The molecule has 0 fully saturated rings. The predicted octanol–water partition coefficient (Wildman–Crippen LogP) is 3.70. The molecule has 1 unspecified atom stereocenters. The molecule has 1 atom stereocenters. The van der Waals surface area contributed by atoms with E-state index < -0.39 is 0 Å². The van der Waals surface area contributed by atoms with Gasteiger partial charge >= 0.3 is 0 Å². The Morgan fingerprint density at radius 2 is 1.90 bits per heavy atom. The summed E-state index contributed by atoms with van der Waals surface area (Å²) >= 11 is 5.85. The third-order valence-corrected chi connectivity index (χ3v) is 3.27. The third-order valence-electron chi connectivity index (χ3n) is 3.02. The van der Waals surface area contributed by atoms with E-state index in [1.54, 1.807) is 19.2 Å². The van der Waals surface area contributed by atoms with Gasteiger partial charge in [-0.25, -0.2) is 0 Å². The number of nitriles is 1. The molecule has 0 amide bonds. The van der Waals surface area contributed by atoms with Crippen molar-refractivity contribution in [2.24, 2.45) is 0 Å². The third kappa shape index (κ3) is 3.51. The van der Waals surface area contributed by atoms with Gasteiger partial charge in [0.05, 0.1) is 13.2 Å². The van der Waals surface area contributed by atoms with E-state index in [0.717, 1.165) is 16.9 Å². The van der Waals surface area contributed by atoms with Gasteiger partial charge in [-0.2, -0.15) is 5.26 Å². The Bertz CT molecular complexity index is 605. The summed E-state index contributed by atoms with van der Waals surface area (Å²) < 4.78 is 5.29. The van der Waals surface area contributed by atoms with Crippen molar-refractivity contribution in [2.45, 2.75) is 12.6 Å². The second-order valence-electron chi connectivity index (χ2n) is 4.31. The smallest absolute Gasteiger partial charge is 0.123 e. The van der Waals surface area contributed by atoms with Crippen molar-refractivity contribution in [2.75, 3.05) is 7.11 Å². The number of nitrogens with one attached hydrogen (secondary N) is 1. The molecule has 0 aliphatic rings. The molecule has 0 spiro atoms. The Hall–Kier alpha value is -2.02. The molecular formula is C16H15ClN2O. The van der Waals surface area contributed by atoms with Gasteiger partial charge in [0, 0.05) is 17.1 Å². The fourth-order valence-electron chi connectivity index (χ4n) is 1.95. The number of benzene rings is 2. The van der Waals surface area contributed by atoms with Crippen LogP contribution in [-0.2, 0) is 6.54 Å². The minimum atomic E-state index is -0.378. The normalized spacial score (nSPS) is 11.7. The molecule has 4 heteroatoms. The number of ether oxygens (including phenoxy) is 1. The number of halogens is 1. The standard InChI is InChI=1S/C16H15ClN2O/c1-20-16-5-3-2-4-13(16)11-19-15(10-18)12-6-8-14(17)9-7-12/h2-9,15,19H,11H2,1H3. The molecular weight excluding hydrogens is 272 g/mol. The molecule has 0 aromatic heterocycles. The largest absolute Gasteiger partial charge is 0.496 e. The zero-order chi connectivity index (χ0) is 14.4. The van der Waals surface area contributed by atoms with Crippen molar-refractivity contribution in [3.63, 3.8) is 0 Å². The summed E-state index contributed by atoms with van der Waals surface area (Å²) in [5.41, 5.74) is 1.91. The first-order chi connectivity index (χ1) is 9.74. The number of hydrogen-bond acceptors (Lipinski definition) is 3. The molecule has 0 saturated heterocycles. The molecule has 0 radical (unpaired) electrons. The Balaban J connectivity index is 2.08. The van der Waals surface area contributed by atoms with Crippen molar-refractivity contribution < 1.29 is 4.74 Å². The summed E-state index contributed by atoms with van der Waals surface area (Å²) in [7, 11) is 1.64. The second kappa shape index (κ2) is 6.95. The summed E-state index contributed by atoms with van der Waals surface area (Å²) in [5.74, 6) is 0.813. The van der Waals surface area contributed by atoms with E-state index in [2.05, 4.69) is 11.4 Å². The van der Waals surface area contributed by atoms with E-state index in [9.17, 15) is 5.26 Å². The molecule has 0 saturated carbocycles. The number of hydrogen-bond donors (Lipinski definition) is 1. The van der Waals surface area contributed by atoms with Gasteiger partial charge in [0.25, 0.3) is 0 Å². The number of rotatable bonds is 5. The SMILES string of the molecule is COc1ccccc1CNC(C#N)c1ccc(Cl)cc1. The molecule has 2 aromatic carbocycles. The lowest BCUT2D eigenvalue weighted by molar-refractivity contribution is 0.407. The van der Waals surface area contributed by atoms with Crippen molar-refractivity contribution >= 4 is 11.6 Å². The molecule has 0 aliphatic carbocycles. The quantitative estimate of drug-likeness (QED) is 0.911. The first-order valence-electron chi connectivity index (χ1n) is 6.25. The van der Waals surface area contributed by atoms with Gasteiger partial charge in [-0.05, 0) is 23.8 Å². The molecule has 0 aliphatic heterocycles. The Morgan fingerprint density at radius 3 is 2.55 bits per heavy atom. The fourth-order valence-corrected chi connectivity index (χ4v) is 2.08. The van der Waals surface area contributed by atoms with Gasteiger partial charge in [-0.3, -0.25) is 5.32 Å². The van der Waals surface area contributed by atoms with Crippen LogP contribution in [0.1, 0.15) is 17.2 Å².